The second kappa shape index (κ2) is 11.8. The van der Waals surface area contributed by atoms with Crippen LogP contribution >= 0.6 is 0 Å². The molecule has 0 amide bonds. The standard InChI is InChI=1S/C30H52O4/c1-5-7-9-11-13-15-17-25(31)33-29-20-27(3)19-28(4,21-29)23-30(22-27,24-29)34-26(32)18-16-14-12-10-8-6-2/h5-24H2,1-4H3. The molecule has 4 aliphatic carbocycles. The topological polar surface area (TPSA) is 52.6 Å². The highest BCUT2D eigenvalue weighted by atomic mass is 16.6. The molecule has 0 atom stereocenters. The fourth-order valence-corrected chi connectivity index (χ4v) is 8.38. The Morgan fingerprint density at radius 3 is 1.26 bits per heavy atom. The Labute approximate surface area is 209 Å². The van der Waals surface area contributed by atoms with Gasteiger partial charge in [0.2, 0.25) is 0 Å². The summed E-state index contributed by atoms with van der Waals surface area (Å²) in [5, 5.41) is 0. The summed E-state index contributed by atoms with van der Waals surface area (Å²) in [5.74, 6) is -0.0867. The second-order valence-electron chi connectivity index (χ2n) is 13.0. The largest absolute Gasteiger partial charge is 0.459 e. The van der Waals surface area contributed by atoms with Gasteiger partial charge in [0, 0.05) is 19.3 Å². The number of ether oxygens (including phenoxy) is 2. The summed E-state index contributed by atoms with van der Waals surface area (Å²) < 4.78 is 12.6. The van der Waals surface area contributed by atoms with E-state index >= 15 is 0 Å². The van der Waals surface area contributed by atoms with E-state index in [1.165, 1.54) is 51.4 Å². The molecule has 4 bridgehead atoms. The Balaban J connectivity index is 1.55. The van der Waals surface area contributed by atoms with Crippen LogP contribution in [0.5, 0.6) is 0 Å². The minimum absolute atomic E-state index is 0.0433. The lowest BCUT2D eigenvalue weighted by Gasteiger charge is -2.67. The average Bonchev–Trinajstić information content (AvgIpc) is 2.69. The zero-order valence-electron chi connectivity index (χ0n) is 22.8. The van der Waals surface area contributed by atoms with Gasteiger partial charge in [-0.15, -0.1) is 0 Å². The normalized spacial score (nSPS) is 33.8. The maximum atomic E-state index is 12.9. The average molecular weight is 477 g/mol. The fraction of sp³-hybridized carbons (Fsp3) is 0.933. The molecule has 4 aliphatic rings. The van der Waals surface area contributed by atoms with Gasteiger partial charge >= 0.3 is 11.9 Å². The zero-order chi connectivity index (χ0) is 24.7. The highest BCUT2D eigenvalue weighted by Gasteiger charge is 2.68. The minimum Gasteiger partial charge on any atom is -0.459 e. The number of unbranched alkanes of at least 4 members (excludes halogenated alkanes) is 10. The predicted octanol–water partition coefficient (Wildman–Crippen LogP) is 8.45. The third-order valence-corrected chi connectivity index (χ3v) is 8.62. The van der Waals surface area contributed by atoms with E-state index in [4.69, 9.17) is 9.47 Å². The quantitative estimate of drug-likeness (QED) is 0.166. The molecule has 0 N–H and O–H groups in total. The van der Waals surface area contributed by atoms with Crippen molar-refractivity contribution in [3.63, 3.8) is 0 Å². The van der Waals surface area contributed by atoms with Crippen molar-refractivity contribution >= 4 is 11.9 Å². The molecule has 4 heteroatoms. The van der Waals surface area contributed by atoms with E-state index in [-0.39, 0.29) is 22.8 Å². The molecule has 4 nitrogen and oxygen atoms in total. The summed E-state index contributed by atoms with van der Waals surface area (Å²) in [6.07, 6.45) is 20.6. The van der Waals surface area contributed by atoms with E-state index in [0.717, 1.165) is 57.8 Å². The van der Waals surface area contributed by atoms with Gasteiger partial charge in [-0.25, -0.2) is 0 Å². The molecule has 0 unspecified atom stereocenters. The van der Waals surface area contributed by atoms with Crippen LogP contribution in [0.1, 0.15) is 156 Å². The van der Waals surface area contributed by atoms with Crippen molar-refractivity contribution in [1.29, 1.82) is 0 Å². The van der Waals surface area contributed by atoms with Crippen molar-refractivity contribution in [2.45, 2.75) is 167 Å². The lowest BCUT2D eigenvalue weighted by Crippen LogP contribution is -2.67. The van der Waals surface area contributed by atoms with Crippen LogP contribution in [-0.4, -0.2) is 23.1 Å². The van der Waals surface area contributed by atoms with Gasteiger partial charge in [0.25, 0.3) is 0 Å². The molecule has 0 aliphatic heterocycles. The molecule has 4 rings (SSSR count). The molecule has 0 aromatic rings. The Kier molecular flexibility index (Phi) is 9.54. The number of esters is 2. The lowest BCUT2D eigenvalue weighted by atomic mass is 9.42. The molecule has 0 saturated heterocycles. The molecule has 34 heavy (non-hydrogen) atoms. The predicted molar refractivity (Wildman–Crippen MR) is 138 cm³/mol. The van der Waals surface area contributed by atoms with Crippen LogP contribution in [0.25, 0.3) is 0 Å². The van der Waals surface area contributed by atoms with Crippen LogP contribution in [0.4, 0.5) is 0 Å². The first-order valence-electron chi connectivity index (χ1n) is 14.6. The molecule has 4 saturated carbocycles. The van der Waals surface area contributed by atoms with Crippen molar-refractivity contribution in [2.75, 3.05) is 0 Å². The van der Waals surface area contributed by atoms with Gasteiger partial charge in [-0.3, -0.25) is 9.59 Å². The van der Waals surface area contributed by atoms with Crippen LogP contribution in [0.3, 0.4) is 0 Å². The van der Waals surface area contributed by atoms with E-state index in [1.807, 2.05) is 0 Å². The van der Waals surface area contributed by atoms with E-state index in [9.17, 15) is 9.59 Å². The number of carbonyl (C=O) groups is 2. The molecular formula is C30H52O4. The van der Waals surface area contributed by atoms with Gasteiger partial charge in [0.15, 0.2) is 0 Å². The SMILES string of the molecule is CCCCCCCCC(=O)OC12CC3(C)CC(C)(C1)CC(OC(=O)CCCCCCCC)(C3)C2. The second-order valence-corrected chi connectivity index (χ2v) is 13.0. The number of hydrogen-bond acceptors (Lipinski definition) is 4. The van der Waals surface area contributed by atoms with Crippen molar-refractivity contribution in [3.8, 4) is 0 Å². The molecule has 0 heterocycles. The molecule has 4 fully saturated rings. The molecule has 0 aromatic heterocycles. The van der Waals surface area contributed by atoms with Gasteiger partial charge in [-0.2, -0.15) is 0 Å². The monoisotopic (exact) mass is 476 g/mol. The van der Waals surface area contributed by atoms with Crippen LogP contribution in [-0.2, 0) is 19.1 Å². The third kappa shape index (κ3) is 7.47. The van der Waals surface area contributed by atoms with E-state index < -0.39 is 11.2 Å². The first kappa shape index (κ1) is 27.5. The minimum atomic E-state index is -0.446. The fourth-order valence-electron chi connectivity index (χ4n) is 8.38. The molecule has 0 radical (unpaired) electrons. The number of carbonyl (C=O) groups excluding carboxylic acids is 2. The van der Waals surface area contributed by atoms with Gasteiger partial charge in [0.05, 0.1) is 0 Å². The van der Waals surface area contributed by atoms with Gasteiger partial charge < -0.3 is 9.47 Å². The summed E-state index contributed by atoms with van der Waals surface area (Å²) in [4.78, 5) is 25.7. The number of rotatable bonds is 16. The first-order chi connectivity index (χ1) is 16.2. The van der Waals surface area contributed by atoms with Gasteiger partial charge in [-0.1, -0.05) is 91.9 Å². The smallest absolute Gasteiger partial charge is 0.306 e. The summed E-state index contributed by atoms with van der Waals surface area (Å²) in [5.41, 5.74) is -0.718. The highest BCUT2D eigenvalue weighted by Crippen LogP contribution is 2.69. The van der Waals surface area contributed by atoms with Crippen molar-refractivity contribution in [2.24, 2.45) is 10.8 Å². The summed E-state index contributed by atoms with van der Waals surface area (Å²) in [6.45, 7) is 9.11. The molecule has 0 spiro atoms. The maximum absolute atomic E-state index is 12.9. The van der Waals surface area contributed by atoms with E-state index in [0.29, 0.717) is 19.3 Å². The number of hydrogen-bond donors (Lipinski definition) is 0. The Bertz CT molecular complexity index is 613. The zero-order valence-corrected chi connectivity index (χ0v) is 22.8. The Morgan fingerprint density at radius 1 is 0.529 bits per heavy atom. The van der Waals surface area contributed by atoms with Crippen LogP contribution in [0.2, 0.25) is 0 Å². The first-order valence-corrected chi connectivity index (χ1v) is 14.6. The van der Waals surface area contributed by atoms with Crippen molar-refractivity contribution in [1.82, 2.24) is 0 Å². The van der Waals surface area contributed by atoms with Gasteiger partial charge in [0.1, 0.15) is 11.2 Å². The lowest BCUT2D eigenvalue weighted by molar-refractivity contribution is -0.267. The summed E-state index contributed by atoms with van der Waals surface area (Å²) in [7, 11) is 0. The van der Waals surface area contributed by atoms with Gasteiger partial charge in [-0.05, 0) is 55.8 Å². The van der Waals surface area contributed by atoms with Crippen molar-refractivity contribution in [3.05, 3.63) is 0 Å². The third-order valence-electron chi connectivity index (χ3n) is 8.62. The Morgan fingerprint density at radius 2 is 0.882 bits per heavy atom. The van der Waals surface area contributed by atoms with Crippen LogP contribution in [0.15, 0.2) is 0 Å². The molecule has 0 aromatic carbocycles. The Hall–Kier alpha value is -1.06. The van der Waals surface area contributed by atoms with Crippen LogP contribution < -0.4 is 0 Å². The van der Waals surface area contributed by atoms with Crippen LogP contribution in [0, 0.1) is 10.8 Å². The molecule has 196 valence electrons. The van der Waals surface area contributed by atoms with E-state index in [1.54, 1.807) is 0 Å². The maximum Gasteiger partial charge on any atom is 0.306 e. The summed E-state index contributed by atoms with van der Waals surface area (Å²) >= 11 is 0. The van der Waals surface area contributed by atoms with E-state index in [2.05, 4.69) is 27.7 Å². The highest BCUT2D eigenvalue weighted by molar-refractivity contribution is 5.71. The summed E-state index contributed by atoms with van der Waals surface area (Å²) in [6, 6.07) is 0. The van der Waals surface area contributed by atoms with Crippen molar-refractivity contribution < 1.29 is 19.1 Å². The molecular weight excluding hydrogens is 424 g/mol.